The molecule has 1 heterocycles. The van der Waals surface area contributed by atoms with Gasteiger partial charge in [0, 0.05) is 12.6 Å². The third-order valence-corrected chi connectivity index (χ3v) is 6.56. The highest BCUT2D eigenvalue weighted by molar-refractivity contribution is 7.91. The number of sulfone groups is 1. The van der Waals surface area contributed by atoms with Gasteiger partial charge in [-0.25, -0.2) is 8.42 Å². The summed E-state index contributed by atoms with van der Waals surface area (Å²) in [5.74, 6) is 1.06. The first kappa shape index (κ1) is 20.2. The third kappa shape index (κ3) is 4.65. The second-order valence-electron chi connectivity index (χ2n) is 6.77. The van der Waals surface area contributed by atoms with Crippen molar-refractivity contribution >= 4 is 15.7 Å². The van der Waals surface area contributed by atoms with E-state index in [1.165, 1.54) is 0 Å². The van der Waals surface area contributed by atoms with Crippen LogP contribution >= 0.6 is 0 Å². The number of amides is 1. The van der Waals surface area contributed by atoms with Crippen LogP contribution in [-0.2, 0) is 16.4 Å². The highest BCUT2D eigenvalue weighted by Crippen LogP contribution is 2.27. The van der Waals surface area contributed by atoms with Gasteiger partial charge in [-0.2, -0.15) is 0 Å². The monoisotopic (exact) mass is 403 g/mol. The molecule has 1 saturated heterocycles. The second kappa shape index (κ2) is 8.65. The minimum Gasteiger partial charge on any atom is -0.497 e. The lowest BCUT2D eigenvalue weighted by Crippen LogP contribution is -2.40. The zero-order valence-corrected chi connectivity index (χ0v) is 16.9. The zero-order valence-electron chi connectivity index (χ0n) is 16.1. The SMILES string of the molecule is CCOc1ccccc1C(=O)N(Cc1cccc(OC)c1)[C@@H]1CCS(=O)(=O)C1. The number of nitrogens with zero attached hydrogens (tertiary/aromatic N) is 1. The van der Waals surface area contributed by atoms with Crippen LogP contribution in [0.15, 0.2) is 48.5 Å². The number of hydrogen-bond acceptors (Lipinski definition) is 5. The number of benzene rings is 2. The van der Waals surface area contributed by atoms with E-state index in [4.69, 9.17) is 9.47 Å². The number of carbonyl (C=O) groups is 1. The molecule has 0 spiro atoms. The summed E-state index contributed by atoms with van der Waals surface area (Å²) >= 11 is 0. The molecule has 0 unspecified atom stereocenters. The summed E-state index contributed by atoms with van der Waals surface area (Å²) in [4.78, 5) is 15.1. The van der Waals surface area contributed by atoms with Gasteiger partial charge in [0.05, 0.1) is 30.8 Å². The molecule has 6 nitrogen and oxygen atoms in total. The molecule has 3 rings (SSSR count). The van der Waals surface area contributed by atoms with Gasteiger partial charge in [-0.3, -0.25) is 4.79 Å². The van der Waals surface area contributed by atoms with Gasteiger partial charge in [0.1, 0.15) is 11.5 Å². The Morgan fingerprint density at radius 2 is 1.96 bits per heavy atom. The fourth-order valence-corrected chi connectivity index (χ4v) is 5.17. The van der Waals surface area contributed by atoms with Gasteiger partial charge in [-0.1, -0.05) is 24.3 Å². The molecule has 0 saturated carbocycles. The molecule has 1 atom stereocenters. The van der Waals surface area contributed by atoms with Gasteiger partial charge in [-0.15, -0.1) is 0 Å². The standard InChI is InChI=1S/C21H25NO5S/c1-3-27-20-10-5-4-9-19(20)21(23)22(17-11-12-28(24,25)15-17)14-16-7-6-8-18(13-16)26-2/h4-10,13,17H,3,11-12,14-15H2,1-2H3/t17-/m1/s1. The molecule has 0 aliphatic carbocycles. The van der Waals surface area contributed by atoms with E-state index >= 15 is 0 Å². The molecule has 150 valence electrons. The van der Waals surface area contributed by atoms with Crippen LogP contribution in [0.25, 0.3) is 0 Å². The first-order valence-corrected chi connectivity index (χ1v) is 11.1. The molecule has 7 heteroatoms. The van der Waals surface area contributed by atoms with E-state index in [0.29, 0.717) is 36.6 Å². The normalized spacial score (nSPS) is 17.9. The van der Waals surface area contributed by atoms with E-state index in [2.05, 4.69) is 0 Å². The first-order valence-electron chi connectivity index (χ1n) is 9.29. The molecule has 2 aromatic carbocycles. The molecule has 1 aliphatic heterocycles. The summed E-state index contributed by atoms with van der Waals surface area (Å²) in [6, 6.07) is 14.2. The Bertz CT molecular complexity index is 941. The summed E-state index contributed by atoms with van der Waals surface area (Å²) in [6.45, 7) is 2.60. The maximum atomic E-state index is 13.4. The van der Waals surface area contributed by atoms with Crippen LogP contribution in [0, 0.1) is 0 Å². The third-order valence-electron chi connectivity index (χ3n) is 4.81. The van der Waals surface area contributed by atoms with Crippen molar-refractivity contribution in [3.8, 4) is 11.5 Å². The Kier molecular flexibility index (Phi) is 6.24. The lowest BCUT2D eigenvalue weighted by Gasteiger charge is -2.29. The minimum atomic E-state index is -3.13. The van der Waals surface area contributed by atoms with Crippen LogP contribution in [0.3, 0.4) is 0 Å². The lowest BCUT2D eigenvalue weighted by molar-refractivity contribution is 0.0676. The van der Waals surface area contributed by atoms with E-state index in [1.54, 1.807) is 30.2 Å². The molecule has 28 heavy (non-hydrogen) atoms. The molecule has 1 fully saturated rings. The van der Waals surface area contributed by atoms with Crippen molar-refractivity contribution < 1.29 is 22.7 Å². The van der Waals surface area contributed by atoms with E-state index in [9.17, 15) is 13.2 Å². The molecule has 1 amide bonds. The van der Waals surface area contributed by atoms with Gasteiger partial charge in [0.15, 0.2) is 9.84 Å². The first-order chi connectivity index (χ1) is 13.4. The Hall–Kier alpha value is -2.54. The predicted molar refractivity (Wildman–Crippen MR) is 108 cm³/mol. The number of rotatable bonds is 7. The fraction of sp³-hybridized carbons (Fsp3) is 0.381. The Balaban J connectivity index is 1.95. The number of hydrogen-bond donors (Lipinski definition) is 0. The van der Waals surface area contributed by atoms with Gasteiger partial charge >= 0.3 is 0 Å². The van der Waals surface area contributed by atoms with Crippen LogP contribution in [0.5, 0.6) is 11.5 Å². The molecular formula is C21H25NO5S. The highest BCUT2D eigenvalue weighted by atomic mass is 32.2. The topological polar surface area (TPSA) is 72.9 Å². The quantitative estimate of drug-likeness (QED) is 0.711. The van der Waals surface area contributed by atoms with Crippen molar-refractivity contribution in [2.45, 2.75) is 25.9 Å². The molecule has 0 bridgehead atoms. The van der Waals surface area contributed by atoms with Gasteiger partial charge < -0.3 is 14.4 Å². The summed E-state index contributed by atoms with van der Waals surface area (Å²) in [6.07, 6.45) is 0.439. The van der Waals surface area contributed by atoms with Crippen LogP contribution < -0.4 is 9.47 Å². The maximum absolute atomic E-state index is 13.4. The molecule has 2 aromatic rings. The van der Waals surface area contributed by atoms with Crippen molar-refractivity contribution in [2.75, 3.05) is 25.2 Å². The van der Waals surface area contributed by atoms with Crippen LogP contribution in [0.1, 0.15) is 29.3 Å². The van der Waals surface area contributed by atoms with Gasteiger partial charge in [0.25, 0.3) is 5.91 Å². The zero-order chi connectivity index (χ0) is 20.1. The van der Waals surface area contributed by atoms with Crippen molar-refractivity contribution in [1.82, 2.24) is 4.90 Å². The summed E-state index contributed by atoms with van der Waals surface area (Å²) in [5, 5.41) is 0. The largest absolute Gasteiger partial charge is 0.497 e. The van der Waals surface area contributed by atoms with Crippen molar-refractivity contribution in [3.63, 3.8) is 0 Å². The number of methoxy groups -OCH3 is 1. The molecular weight excluding hydrogens is 378 g/mol. The van der Waals surface area contributed by atoms with Crippen LogP contribution in [0.2, 0.25) is 0 Å². The Morgan fingerprint density at radius 3 is 2.64 bits per heavy atom. The van der Waals surface area contributed by atoms with E-state index in [-0.39, 0.29) is 23.5 Å². The summed E-state index contributed by atoms with van der Waals surface area (Å²) in [5.41, 5.74) is 1.32. The average molecular weight is 404 g/mol. The maximum Gasteiger partial charge on any atom is 0.258 e. The highest BCUT2D eigenvalue weighted by Gasteiger charge is 2.35. The number of ether oxygens (including phenoxy) is 2. The molecule has 0 radical (unpaired) electrons. The van der Waals surface area contributed by atoms with Gasteiger partial charge in [0.2, 0.25) is 0 Å². The van der Waals surface area contributed by atoms with Crippen LogP contribution in [0.4, 0.5) is 0 Å². The van der Waals surface area contributed by atoms with E-state index in [1.807, 2.05) is 37.3 Å². The number of para-hydroxylation sites is 1. The minimum absolute atomic E-state index is 0.0144. The Morgan fingerprint density at radius 1 is 1.18 bits per heavy atom. The van der Waals surface area contributed by atoms with Crippen LogP contribution in [-0.4, -0.2) is 50.5 Å². The smallest absolute Gasteiger partial charge is 0.258 e. The van der Waals surface area contributed by atoms with Gasteiger partial charge in [-0.05, 0) is 43.2 Å². The fourth-order valence-electron chi connectivity index (χ4n) is 3.43. The summed E-state index contributed by atoms with van der Waals surface area (Å²) < 4.78 is 35.0. The van der Waals surface area contributed by atoms with Crippen molar-refractivity contribution in [3.05, 3.63) is 59.7 Å². The van der Waals surface area contributed by atoms with Crippen molar-refractivity contribution in [2.24, 2.45) is 0 Å². The molecule has 0 aromatic heterocycles. The average Bonchev–Trinajstić information content (AvgIpc) is 3.06. The Labute approximate surface area is 166 Å². The van der Waals surface area contributed by atoms with E-state index in [0.717, 1.165) is 5.56 Å². The summed E-state index contributed by atoms with van der Waals surface area (Å²) in [7, 11) is -1.54. The van der Waals surface area contributed by atoms with E-state index < -0.39 is 9.84 Å². The van der Waals surface area contributed by atoms with Crippen molar-refractivity contribution in [1.29, 1.82) is 0 Å². The molecule has 0 N–H and O–H groups in total. The number of carbonyl (C=O) groups excluding carboxylic acids is 1. The lowest BCUT2D eigenvalue weighted by atomic mass is 10.1. The molecule has 1 aliphatic rings. The second-order valence-corrected chi connectivity index (χ2v) is 9.00. The predicted octanol–water partition coefficient (Wildman–Crippen LogP) is 2.92.